The van der Waals surface area contributed by atoms with Crippen LogP contribution < -0.4 is 10.0 Å². The summed E-state index contributed by atoms with van der Waals surface area (Å²) in [5.41, 5.74) is 1.05. The van der Waals surface area contributed by atoms with E-state index in [9.17, 15) is 23.4 Å². The predicted molar refractivity (Wildman–Crippen MR) is 133 cm³/mol. The Labute approximate surface area is 216 Å². The van der Waals surface area contributed by atoms with Crippen molar-refractivity contribution in [1.82, 2.24) is 19.7 Å². The van der Waals surface area contributed by atoms with Gasteiger partial charge in [0.2, 0.25) is 5.78 Å². The molecule has 1 saturated carbocycles. The zero-order valence-electron chi connectivity index (χ0n) is 19.3. The first-order valence-corrected chi connectivity index (χ1v) is 13.5. The average molecular weight is 554 g/mol. The van der Waals surface area contributed by atoms with E-state index < -0.39 is 40.4 Å². The van der Waals surface area contributed by atoms with Gasteiger partial charge in [-0.3, -0.25) is 8.98 Å². The van der Waals surface area contributed by atoms with Crippen LogP contribution in [0.3, 0.4) is 0 Å². The van der Waals surface area contributed by atoms with Crippen molar-refractivity contribution >= 4 is 44.8 Å². The quantitative estimate of drug-likeness (QED) is 0.288. The van der Waals surface area contributed by atoms with E-state index in [1.165, 1.54) is 19.6 Å². The molecule has 0 unspecified atom stereocenters. The standard InChI is InChI=1S/C22H24ClN5O6S2/c1-11-18(19(30)12-4-3-5-13(23)6-12)28-22(35-11)20(31)15-9-25-10-26-21(15)27-14-7-16(29)17(8-14)34-36(32,33)24-2/h3-6,9-10,14,16-17,19,24,29-30H,7-8H2,1-2H3,(H,25,26,27)/t14-,16+,17-,19+/m1/s1. The van der Waals surface area contributed by atoms with Crippen LogP contribution in [0.1, 0.15) is 50.4 Å². The molecular weight excluding hydrogens is 530 g/mol. The number of hydrogen-bond donors (Lipinski definition) is 4. The Morgan fingerprint density at radius 3 is 2.83 bits per heavy atom. The molecule has 11 nitrogen and oxygen atoms in total. The summed E-state index contributed by atoms with van der Waals surface area (Å²) in [5, 5.41) is 24.8. The molecular formula is C22H24ClN5O6S2. The van der Waals surface area contributed by atoms with Crippen LogP contribution in [0.25, 0.3) is 0 Å². The number of carbonyl (C=O) groups excluding carboxylic acids is 1. The number of thiazole rings is 1. The number of halogens is 1. The monoisotopic (exact) mass is 553 g/mol. The molecule has 14 heteroatoms. The second kappa shape index (κ2) is 10.8. The van der Waals surface area contributed by atoms with Gasteiger partial charge in [0.05, 0.1) is 17.4 Å². The third kappa shape index (κ3) is 5.89. The number of anilines is 1. The lowest BCUT2D eigenvalue weighted by molar-refractivity contribution is 0.0636. The van der Waals surface area contributed by atoms with Gasteiger partial charge in [0, 0.05) is 29.2 Å². The van der Waals surface area contributed by atoms with E-state index in [0.717, 1.165) is 11.3 Å². The fourth-order valence-electron chi connectivity index (χ4n) is 3.92. The molecule has 0 saturated heterocycles. The van der Waals surface area contributed by atoms with Crippen molar-refractivity contribution in [3.8, 4) is 0 Å². The van der Waals surface area contributed by atoms with Crippen LogP contribution in [0.4, 0.5) is 5.82 Å². The van der Waals surface area contributed by atoms with Crippen molar-refractivity contribution in [3.05, 3.63) is 68.5 Å². The number of aromatic nitrogens is 3. The average Bonchev–Trinajstić information content (AvgIpc) is 3.40. The van der Waals surface area contributed by atoms with E-state index in [1.54, 1.807) is 31.2 Å². The first-order chi connectivity index (χ1) is 17.1. The highest BCUT2D eigenvalue weighted by Gasteiger charge is 2.37. The molecule has 0 radical (unpaired) electrons. The van der Waals surface area contributed by atoms with Gasteiger partial charge in [0.1, 0.15) is 24.4 Å². The molecule has 0 bridgehead atoms. The molecule has 0 aliphatic heterocycles. The van der Waals surface area contributed by atoms with Crippen LogP contribution in [-0.4, -0.2) is 64.7 Å². The third-order valence-corrected chi connectivity index (χ3v) is 7.94. The van der Waals surface area contributed by atoms with E-state index in [4.69, 9.17) is 15.8 Å². The summed E-state index contributed by atoms with van der Waals surface area (Å²) in [4.78, 5) is 26.5. The van der Waals surface area contributed by atoms with Crippen LogP contribution >= 0.6 is 22.9 Å². The summed E-state index contributed by atoms with van der Waals surface area (Å²) in [7, 11) is -2.76. The number of nitrogens with zero attached hydrogens (tertiary/aromatic N) is 3. The fraction of sp³-hybridized carbons (Fsp3) is 0.364. The van der Waals surface area contributed by atoms with Crippen LogP contribution in [0.2, 0.25) is 5.02 Å². The molecule has 4 rings (SSSR count). The van der Waals surface area contributed by atoms with Crippen molar-refractivity contribution in [2.45, 2.75) is 44.1 Å². The summed E-state index contributed by atoms with van der Waals surface area (Å²) in [6.07, 6.45) is -0.0452. The van der Waals surface area contributed by atoms with E-state index in [1.807, 2.05) is 4.72 Å². The minimum atomic E-state index is -3.97. The number of aliphatic hydroxyl groups is 2. The number of nitrogens with one attached hydrogen (secondary N) is 2. The second-order valence-electron chi connectivity index (χ2n) is 8.21. The zero-order chi connectivity index (χ0) is 26.0. The maximum Gasteiger partial charge on any atom is 0.335 e. The van der Waals surface area contributed by atoms with Gasteiger partial charge in [-0.25, -0.2) is 15.0 Å². The highest BCUT2D eigenvalue weighted by atomic mass is 35.5. The molecule has 36 heavy (non-hydrogen) atoms. The Kier molecular flexibility index (Phi) is 7.99. The molecule has 192 valence electrons. The lowest BCUT2D eigenvalue weighted by Gasteiger charge is -2.15. The molecule has 0 amide bonds. The van der Waals surface area contributed by atoms with Crippen molar-refractivity contribution in [1.29, 1.82) is 0 Å². The molecule has 4 N–H and O–H groups in total. The maximum atomic E-state index is 13.3. The highest BCUT2D eigenvalue weighted by molar-refractivity contribution is 7.84. The number of hydrogen-bond acceptors (Lipinski definition) is 11. The van der Waals surface area contributed by atoms with Gasteiger partial charge >= 0.3 is 10.3 Å². The first kappa shape index (κ1) is 26.5. The van der Waals surface area contributed by atoms with Crippen LogP contribution in [0, 0.1) is 6.92 Å². The van der Waals surface area contributed by atoms with Crippen molar-refractivity contribution < 1.29 is 27.6 Å². The number of benzene rings is 1. The lowest BCUT2D eigenvalue weighted by Crippen LogP contribution is -2.31. The van der Waals surface area contributed by atoms with E-state index in [-0.39, 0.29) is 29.2 Å². The van der Waals surface area contributed by atoms with Gasteiger partial charge in [0.25, 0.3) is 0 Å². The number of aryl methyl sites for hydroxylation is 1. The number of carbonyl (C=O) groups is 1. The second-order valence-corrected chi connectivity index (χ2v) is 11.4. The SMILES string of the molecule is CNS(=O)(=O)O[C@@H]1C[C@H](Nc2ncncc2C(=O)c2nc([C@@H](O)c3cccc(Cl)c3)c(C)s2)C[C@@H]1O. The molecule has 1 aliphatic rings. The van der Waals surface area contributed by atoms with Crippen LogP contribution in [0.5, 0.6) is 0 Å². The summed E-state index contributed by atoms with van der Waals surface area (Å²) in [6.45, 7) is 1.76. The Morgan fingerprint density at radius 2 is 2.11 bits per heavy atom. The van der Waals surface area contributed by atoms with Crippen molar-refractivity contribution in [3.63, 3.8) is 0 Å². The molecule has 2 aromatic heterocycles. The molecule has 4 atom stereocenters. The Bertz CT molecular complexity index is 1370. The van der Waals surface area contributed by atoms with E-state index in [0.29, 0.717) is 21.2 Å². The number of ketones is 1. The number of aliphatic hydroxyl groups excluding tert-OH is 2. The summed E-state index contributed by atoms with van der Waals surface area (Å²) in [5.74, 6) is -0.228. The topological polar surface area (TPSA) is 164 Å². The van der Waals surface area contributed by atoms with Gasteiger partial charge in [-0.05, 0) is 37.5 Å². The Morgan fingerprint density at radius 1 is 1.33 bits per heavy atom. The summed E-state index contributed by atoms with van der Waals surface area (Å²) >= 11 is 7.17. The zero-order valence-corrected chi connectivity index (χ0v) is 21.6. The van der Waals surface area contributed by atoms with E-state index >= 15 is 0 Å². The van der Waals surface area contributed by atoms with Crippen molar-refractivity contribution in [2.75, 3.05) is 12.4 Å². The van der Waals surface area contributed by atoms with Crippen LogP contribution in [-0.2, 0) is 14.5 Å². The lowest BCUT2D eigenvalue weighted by atomic mass is 10.1. The summed E-state index contributed by atoms with van der Waals surface area (Å²) in [6, 6.07) is 6.36. The molecule has 1 aliphatic carbocycles. The molecule has 3 aromatic rings. The van der Waals surface area contributed by atoms with Gasteiger partial charge in [-0.2, -0.15) is 13.1 Å². The summed E-state index contributed by atoms with van der Waals surface area (Å²) < 4.78 is 30.4. The fourth-order valence-corrected chi connectivity index (χ4v) is 5.65. The normalized spacial score (nSPS) is 20.9. The largest absolute Gasteiger partial charge is 0.390 e. The molecule has 0 spiro atoms. The highest BCUT2D eigenvalue weighted by Crippen LogP contribution is 2.32. The van der Waals surface area contributed by atoms with E-state index in [2.05, 4.69) is 20.3 Å². The molecule has 1 fully saturated rings. The van der Waals surface area contributed by atoms with Crippen molar-refractivity contribution in [2.24, 2.45) is 0 Å². The maximum absolute atomic E-state index is 13.3. The van der Waals surface area contributed by atoms with Gasteiger partial charge in [-0.15, -0.1) is 11.3 Å². The van der Waals surface area contributed by atoms with Gasteiger partial charge < -0.3 is 15.5 Å². The molecule has 1 aromatic carbocycles. The number of rotatable bonds is 9. The first-order valence-electron chi connectivity index (χ1n) is 10.9. The smallest absolute Gasteiger partial charge is 0.335 e. The third-order valence-electron chi connectivity index (χ3n) is 5.72. The molecule has 2 heterocycles. The van der Waals surface area contributed by atoms with Crippen LogP contribution in [0.15, 0.2) is 36.8 Å². The Balaban J connectivity index is 1.53. The predicted octanol–water partition coefficient (Wildman–Crippen LogP) is 1.99. The van der Waals surface area contributed by atoms with Gasteiger partial charge in [0.15, 0.2) is 5.01 Å². The van der Waals surface area contributed by atoms with Gasteiger partial charge in [-0.1, -0.05) is 23.7 Å². The minimum Gasteiger partial charge on any atom is -0.390 e. The minimum absolute atomic E-state index is 0.147. The Hall–Kier alpha value is -2.52.